The molecule has 0 saturated carbocycles. The number of nitrogens with one attached hydrogen (secondary N) is 2. The smallest absolute Gasteiger partial charge is 0.244 e. The number of carbonyl (C=O) groups is 1. The molecule has 0 aliphatic carbocycles. The molecule has 0 spiro atoms. The van der Waals surface area contributed by atoms with Gasteiger partial charge in [0.25, 0.3) is 0 Å². The molecule has 0 aliphatic heterocycles. The Morgan fingerprint density at radius 1 is 1.86 bits per heavy atom. The number of nitrogens with zero attached hydrogens (tertiary/aromatic N) is 2. The van der Waals surface area contributed by atoms with Crippen molar-refractivity contribution in [3.8, 4) is 6.07 Å². The predicted molar refractivity (Wildman–Crippen MR) is 51.2 cm³/mol. The molecule has 0 bridgehead atoms. The van der Waals surface area contributed by atoms with E-state index in [2.05, 4.69) is 15.5 Å². The van der Waals surface area contributed by atoms with Gasteiger partial charge in [-0.1, -0.05) is 6.92 Å². The lowest BCUT2D eigenvalue weighted by Gasteiger charge is -2.17. The molecule has 74 valence electrons. The Morgan fingerprint density at radius 3 is 3.00 bits per heavy atom. The third-order valence-corrected chi connectivity index (χ3v) is 2.21. The van der Waals surface area contributed by atoms with Crippen LogP contribution in [0.4, 0.5) is 5.69 Å². The molecule has 1 aromatic rings. The zero-order valence-electron chi connectivity index (χ0n) is 8.16. The molecule has 1 heterocycles. The number of carbonyl (C=O) groups excluding carboxylic acids is 1. The first-order chi connectivity index (χ1) is 6.62. The third kappa shape index (κ3) is 1.91. The van der Waals surface area contributed by atoms with Crippen LogP contribution in [0.2, 0.25) is 0 Å². The fourth-order valence-electron chi connectivity index (χ4n) is 0.879. The van der Waals surface area contributed by atoms with Crippen molar-refractivity contribution in [1.82, 2.24) is 10.2 Å². The second-order valence-electron chi connectivity index (χ2n) is 3.24. The highest BCUT2D eigenvalue weighted by atomic mass is 16.2. The standard InChI is InChI=1S/C9H12N4O/c1-3-9(2,6-10)8(14)13-7-4-11-12-5-7/h4-5H,3H2,1-2H3,(H,11,12)(H,13,14). The van der Waals surface area contributed by atoms with Crippen molar-refractivity contribution >= 4 is 11.6 Å². The lowest BCUT2D eigenvalue weighted by atomic mass is 9.88. The molecule has 2 N–H and O–H groups in total. The highest BCUT2D eigenvalue weighted by molar-refractivity contribution is 5.96. The van der Waals surface area contributed by atoms with Crippen molar-refractivity contribution in [3.05, 3.63) is 12.4 Å². The summed E-state index contributed by atoms with van der Waals surface area (Å²) in [6.45, 7) is 3.42. The summed E-state index contributed by atoms with van der Waals surface area (Å²) in [5.74, 6) is -0.302. The Bertz CT molecular complexity index is 351. The van der Waals surface area contributed by atoms with Gasteiger partial charge < -0.3 is 5.32 Å². The average Bonchev–Trinajstić information content (AvgIpc) is 2.69. The van der Waals surface area contributed by atoms with Crippen molar-refractivity contribution in [3.63, 3.8) is 0 Å². The van der Waals surface area contributed by atoms with Gasteiger partial charge in [0.2, 0.25) is 5.91 Å². The molecule has 0 aliphatic rings. The number of H-pyrrole nitrogens is 1. The van der Waals surface area contributed by atoms with Crippen LogP contribution in [0.5, 0.6) is 0 Å². The van der Waals surface area contributed by atoms with E-state index in [1.54, 1.807) is 20.0 Å². The summed E-state index contributed by atoms with van der Waals surface area (Å²) in [6.07, 6.45) is 3.53. The molecule has 0 fully saturated rings. The number of anilines is 1. The van der Waals surface area contributed by atoms with E-state index in [1.807, 2.05) is 6.07 Å². The van der Waals surface area contributed by atoms with E-state index in [1.165, 1.54) is 6.20 Å². The van der Waals surface area contributed by atoms with Crippen molar-refractivity contribution in [1.29, 1.82) is 5.26 Å². The highest BCUT2D eigenvalue weighted by Gasteiger charge is 2.31. The summed E-state index contributed by atoms with van der Waals surface area (Å²) in [7, 11) is 0. The first-order valence-corrected chi connectivity index (χ1v) is 4.34. The van der Waals surface area contributed by atoms with Gasteiger partial charge in [0.1, 0.15) is 5.41 Å². The van der Waals surface area contributed by atoms with E-state index in [0.29, 0.717) is 12.1 Å². The van der Waals surface area contributed by atoms with E-state index < -0.39 is 5.41 Å². The zero-order chi connectivity index (χ0) is 10.6. The fraction of sp³-hybridized carbons (Fsp3) is 0.444. The summed E-state index contributed by atoms with van der Waals surface area (Å²) in [5.41, 5.74) is -0.401. The number of hydrogen-bond acceptors (Lipinski definition) is 3. The van der Waals surface area contributed by atoms with Gasteiger partial charge in [-0.2, -0.15) is 10.4 Å². The number of rotatable bonds is 3. The van der Waals surface area contributed by atoms with Gasteiger partial charge in [-0.15, -0.1) is 0 Å². The number of aromatic nitrogens is 2. The average molecular weight is 192 g/mol. The topological polar surface area (TPSA) is 81.6 Å². The van der Waals surface area contributed by atoms with Crippen LogP contribution in [-0.2, 0) is 4.79 Å². The van der Waals surface area contributed by atoms with E-state index in [-0.39, 0.29) is 5.91 Å². The second kappa shape index (κ2) is 3.92. The van der Waals surface area contributed by atoms with Crippen LogP contribution in [0.25, 0.3) is 0 Å². The van der Waals surface area contributed by atoms with Gasteiger partial charge in [0.05, 0.1) is 18.0 Å². The van der Waals surface area contributed by atoms with Crippen LogP contribution in [0.1, 0.15) is 20.3 Å². The lowest BCUT2D eigenvalue weighted by Crippen LogP contribution is -2.31. The van der Waals surface area contributed by atoms with Gasteiger partial charge in [0.15, 0.2) is 0 Å². The molecule has 0 saturated heterocycles. The Morgan fingerprint density at radius 2 is 2.57 bits per heavy atom. The summed E-state index contributed by atoms with van der Waals surface area (Å²) >= 11 is 0. The normalized spacial score (nSPS) is 14.1. The Balaban J connectivity index is 2.72. The fourth-order valence-corrected chi connectivity index (χ4v) is 0.879. The number of aromatic amines is 1. The second-order valence-corrected chi connectivity index (χ2v) is 3.24. The van der Waals surface area contributed by atoms with Crippen molar-refractivity contribution in [2.45, 2.75) is 20.3 Å². The quantitative estimate of drug-likeness (QED) is 0.757. The van der Waals surface area contributed by atoms with Crippen molar-refractivity contribution in [2.24, 2.45) is 5.41 Å². The van der Waals surface area contributed by atoms with Crippen LogP contribution in [-0.4, -0.2) is 16.1 Å². The predicted octanol–water partition coefficient (Wildman–Crippen LogP) is 1.29. The number of hydrogen-bond donors (Lipinski definition) is 2. The van der Waals surface area contributed by atoms with E-state index in [0.717, 1.165) is 0 Å². The first-order valence-electron chi connectivity index (χ1n) is 4.34. The largest absolute Gasteiger partial charge is 0.322 e. The van der Waals surface area contributed by atoms with Crippen molar-refractivity contribution < 1.29 is 4.79 Å². The molecule has 5 heteroatoms. The van der Waals surface area contributed by atoms with Crippen LogP contribution in [0, 0.1) is 16.7 Å². The minimum Gasteiger partial charge on any atom is -0.322 e. The molecular formula is C9H12N4O. The molecule has 0 aromatic carbocycles. The van der Waals surface area contributed by atoms with Gasteiger partial charge in [0, 0.05) is 6.20 Å². The Kier molecular flexibility index (Phi) is 2.87. The third-order valence-electron chi connectivity index (χ3n) is 2.21. The van der Waals surface area contributed by atoms with E-state index >= 15 is 0 Å². The molecule has 1 unspecified atom stereocenters. The zero-order valence-corrected chi connectivity index (χ0v) is 8.16. The Labute approximate surface area is 82.1 Å². The Hall–Kier alpha value is -1.83. The van der Waals surface area contributed by atoms with Gasteiger partial charge in [-0.3, -0.25) is 9.89 Å². The summed E-state index contributed by atoms with van der Waals surface area (Å²) in [4.78, 5) is 11.6. The maximum Gasteiger partial charge on any atom is 0.244 e. The molecule has 0 radical (unpaired) electrons. The molecule has 5 nitrogen and oxygen atoms in total. The number of amides is 1. The maximum absolute atomic E-state index is 11.6. The number of nitriles is 1. The van der Waals surface area contributed by atoms with Crippen molar-refractivity contribution in [2.75, 3.05) is 5.32 Å². The molecule has 14 heavy (non-hydrogen) atoms. The summed E-state index contributed by atoms with van der Waals surface area (Å²) in [5, 5.41) is 17.7. The highest BCUT2D eigenvalue weighted by Crippen LogP contribution is 2.21. The van der Waals surface area contributed by atoms with E-state index in [9.17, 15) is 4.79 Å². The summed E-state index contributed by atoms with van der Waals surface area (Å²) < 4.78 is 0. The first kappa shape index (κ1) is 10.3. The maximum atomic E-state index is 11.6. The van der Waals surface area contributed by atoms with Crippen LogP contribution < -0.4 is 5.32 Å². The molecule has 1 aromatic heterocycles. The summed E-state index contributed by atoms with van der Waals surface area (Å²) in [6, 6.07) is 2.00. The minimum atomic E-state index is -0.975. The van der Waals surface area contributed by atoms with Crippen LogP contribution in [0.3, 0.4) is 0 Å². The van der Waals surface area contributed by atoms with Crippen LogP contribution in [0.15, 0.2) is 12.4 Å². The van der Waals surface area contributed by atoms with E-state index in [4.69, 9.17) is 5.26 Å². The molecular weight excluding hydrogens is 180 g/mol. The molecule has 1 atom stereocenters. The van der Waals surface area contributed by atoms with Gasteiger partial charge in [-0.05, 0) is 13.3 Å². The van der Waals surface area contributed by atoms with Gasteiger partial charge in [-0.25, -0.2) is 0 Å². The molecule has 1 rings (SSSR count). The van der Waals surface area contributed by atoms with Crippen LogP contribution >= 0.6 is 0 Å². The minimum absolute atomic E-state index is 0.302. The lowest BCUT2D eigenvalue weighted by molar-refractivity contribution is -0.122. The van der Waals surface area contributed by atoms with Gasteiger partial charge >= 0.3 is 0 Å². The SMILES string of the molecule is CCC(C)(C#N)C(=O)Nc1cn[nH]c1. The molecule has 1 amide bonds. The monoisotopic (exact) mass is 192 g/mol.